The average molecular weight is 442 g/mol. The van der Waals surface area contributed by atoms with Gasteiger partial charge in [0.15, 0.2) is 0 Å². The molecule has 0 unspecified atom stereocenters. The fourth-order valence-electron chi connectivity index (χ4n) is 3.50. The minimum atomic E-state index is -0.721. The van der Waals surface area contributed by atoms with Crippen molar-refractivity contribution < 1.29 is 24.2 Å². The van der Waals surface area contributed by atoms with Crippen LogP contribution in [0, 0.1) is 0 Å². The number of ketones is 1. The summed E-state index contributed by atoms with van der Waals surface area (Å²) in [6.45, 7) is 4.75. The van der Waals surface area contributed by atoms with Crippen LogP contribution in [-0.4, -0.2) is 48.6 Å². The van der Waals surface area contributed by atoms with Crippen LogP contribution in [0.2, 0.25) is 5.02 Å². The molecule has 0 saturated carbocycles. The summed E-state index contributed by atoms with van der Waals surface area (Å²) in [6, 6.07) is 12.8. The van der Waals surface area contributed by atoms with Crippen LogP contribution >= 0.6 is 11.6 Å². The highest BCUT2D eigenvalue weighted by Gasteiger charge is 2.45. The minimum absolute atomic E-state index is 0.0458. The number of hydrogen-bond acceptors (Lipinski definition) is 5. The quantitative estimate of drug-likeness (QED) is 0.206. The number of rotatable bonds is 9. The zero-order chi connectivity index (χ0) is 22.4. The Balaban J connectivity index is 2.05. The van der Waals surface area contributed by atoms with Gasteiger partial charge < -0.3 is 19.5 Å². The fraction of sp³-hybridized carbons (Fsp3) is 0.250. The van der Waals surface area contributed by atoms with Crippen LogP contribution in [0.1, 0.15) is 23.6 Å². The second-order valence-corrected chi connectivity index (χ2v) is 7.45. The van der Waals surface area contributed by atoms with Gasteiger partial charge in [0.25, 0.3) is 11.7 Å². The molecule has 2 aromatic rings. The summed E-state index contributed by atoms with van der Waals surface area (Å²) in [4.78, 5) is 27.2. The molecule has 7 heteroatoms. The van der Waals surface area contributed by atoms with Gasteiger partial charge in [0.2, 0.25) is 0 Å². The van der Waals surface area contributed by atoms with Crippen LogP contribution in [0.25, 0.3) is 5.76 Å². The molecule has 6 nitrogen and oxygen atoms in total. The van der Waals surface area contributed by atoms with E-state index in [-0.39, 0.29) is 11.3 Å². The lowest BCUT2D eigenvalue weighted by atomic mass is 9.95. The van der Waals surface area contributed by atoms with Gasteiger partial charge in [0.05, 0.1) is 11.6 Å². The Morgan fingerprint density at radius 3 is 2.45 bits per heavy atom. The SMILES string of the molecule is C=CCOc1ccc([C@@H]2/C(=C(\O)c3ccc(Cl)cc3)C(=O)C(=O)N2CCCOC)cc1. The summed E-state index contributed by atoms with van der Waals surface area (Å²) in [7, 11) is 1.58. The first-order valence-electron chi connectivity index (χ1n) is 9.85. The number of aliphatic hydroxyl groups excluding tert-OH is 1. The third kappa shape index (κ3) is 4.98. The third-order valence-corrected chi connectivity index (χ3v) is 5.22. The zero-order valence-corrected chi connectivity index (χ0v) is 18.0. The molecule has 0 aliphatic carbocycles. The number of likely N-dealkylation sites (tertiary alicyclic amines) is 1. The molecule has 31 heavy (non-hydrogen) atoms. The molecule has 2 aromatic carbocycles. The maximum absolute atomic E-state index is 12.9. The summed E-state index contributed by atoms with van der Waals surface area (Å²) in [5.41, 5.74) is 1.15. The van der Waals surface area contributed by atoms with E-state index in [2.05, 4.69) is 6.58 Å². The van der Waals surface area contributed by atoms with Crippen LogP contribution in [0.3, 0.4) is 0 Å². The topological polar surface area (TPSA) is 76.1 Å². The summed E-state index contributed by atoms with van der Waals surface area (Å²) in [5, 5.41) is 11.5. The Hall–Kier alpha value is -3.09. The molecule has 1 saturated heterocycles. The van der Waals surface area contributed by atoms with E-state index >= 15 is 0 Å². The number of ether oxygens (including phenoxy) is 2. The molecule has 0 bridgehead atoms. The molecule has 1 aliphatic rings. The molecule has 1 N–H and O–H groups in total. The molecule has 1 amide bonds. The lowest BCUT2D eigenvalue weighted by molar-refractivity contribution is -0.140. The Morgan fingerprint density at radius 2 is 1.84 bits per heavy atom. The number of hydrogen-bond donors (Lipinski definition) is 1. The van der Waals surface area contributed by atoms with E-state index in [1.165, 1.54) is 4.90 Å². The molecule has 0 aromatic heterocycles. The fourth-order valence-corrected chi connectivity index (χ4v) is 3.63. The first kappa shape index (κ1) is 22.6. The minimum Gasteiger partial charge on any atom is -0.507 e. The molecule has 1 atom stereocenters. The lowest BCUT2D eigenvalue weighted by Gasteiger charge is -2.25. The maximum Gasteiger partial charge on any atom is 0.295 e. The monoisotopic (exact) mass is 441 g/mol. The molecule has 3 rings (SSSR count). The predicted octanol–water partition coefficient (Wildman–Crippen LogP) is 4.36. The van der Waals surface area contributed by atoms with Crippen LogP contribution in [0.15, 0.2) is 66.8 Å². The molecule has 1 heterocycles. The first-order chi connectivity index (χ1) is 15.0. The Kier molecular flexibility index (Phi) is 7.50. The molecular formula is C24H24ClNO5. The number of methoxy groups -OCH3 is 1. The molecule has 0 spiro atoms. The van der Waals surface area contributed by atoms with E-state index in [4.69, 9.17) is 21.1 Å². The molecule has 1 fully saturated rings. The summed E-state index contributed by atoms with van der Waals surface area (Å²) < 4.78 is 10.6. The number of nitrogens with zero attached hydrogens (tertiary/aromatic N) is 1. The van der Waals surface area contributed by atoms with E-state index in [1.54, 1.807) is 61.7 Å². The van der Waals surface area contributed by atoms with Gasteiger partial charge in [0.1, 0.15) is 18.1 Å². The number of Topliss-reactive ketones (excluding diaryl/α,β-unsaturated/α-hetero) is 1. The second-order valence-electron chi connectivity index (χ2n) is 7.01. The van der Waals surface area contributed by atoms with Crippen LogP contribution in [-0.2, 0) is 14.3 Å². The van der Waals surface area contributed by atoms with Gasteiger partial charge in [-0.25, -0.2) is 0 Å². The van der Waals surface area contributed by atoms with E-state index in [0.29, 0.717) is 48.1 Å². The number of benzene rings is 2. The van der Waals surface area contributed by atoms with Crippen molar-refractivity contribution in [3.63, 3.8) is 0 Å². The van der Waals surface area contributed by atoms with Gasteiger partial charge in [-0.15, -0.1) is 0 Å². The summed E-state index contributed by atoms with van der Waals surface area (Å²) >= 11 is 5.94. The highest BCUT2D eigenvalue weighted by molar-refractivity contribution is 6.46. The van der Waals surface area contributed by atoms with E-state index in [0.717, 1.165) is 0 Å². The highest BCUT2D eigenvalue weighted by atomic mass is 35.5. The first-order valence-corrected chi connectivity index (χ1v) is 10.2. The molecule has 1 aliphatic heterocycles. The average Bonchev–Trinajstić information content (AvgIpc) is 3.03. The molecule has 0 radical (unpaired) electrons. The number of carbonyl (C=O) groups excluding carboxylic acids is 2. The van der Waals surface area contributed by atoms with Crippen molar-refractivity contribution in [1.82, 2.24) is 4.90 Å². The van der Waals surface area contributed by atoms with Gasteiger partial charge in [-0.1, -0.05) is 36.4 Å². The Bertz CT molecular complexity index is 982. The number of amides is 1. The Morgan fingerprint density at radius 1 is 1.16 bits per heavy atom. The van der Waals surface area contributed by atoms with E-state index in [9.17, 15) is 14.7 Å². The van der Waals surface area contributed by atoms with E-state index < -0.39 is 17.7 Å². The highest BCUT2D eigenvalue weighted by Crippen LogP contribution is 2.40. The largest absolute Gasteiger partial charge is 0.507 e. The standard InChI is InChI=1S/C24H24ClNO5/c1-3-14-31-19-11-7-16(8-12-19)21-20(22(27)17-5-9-18(25)10-6-17)23(28)24(29)26(21)13-4-15-30-2/h3,5-12,21,27H,1,4,13-15H2,2H3/b22-20+/t21-/m1/s1. The third-order valence-electron chi connectivity index (χ3n) is 4.97. The Labute approximate surface area is 186 Å². The van der Waals surface area contributed by atoms with Crippen molar-refractivity contribution in [2.75, 3.05) is 26.9 Å². The van der Waals surface area contributed by atoms with Crippen LogP contribution < -0.4 is 4.74 Å². The van der Waals surface area contributed by atoms with Gasteiger partial charge in [-0.3, -0.25) is 9.59 Å². The summed E-state index contributed by atoms with van der Waals surface area (Å²) in [5.74, 6) is -0.968. The van der Waals surface area contributed by atoms with Crippen molar-refractivity contribution in [1.29, 1.82) is 0 Å². The maximum atomic E-state index is 12.9. The van der Waals surface area contributed by atoms with Crippen molar-refractivity contribution in [2.24, 2.45) is 0 Å². The molecule has 162 valence electrons. The van der Waals surface area contributed by atoms with Crippen LogP contribution in [0.4, 0.5) is 0 Å². The number of aliphatic hydroxyl groups is 1. The number of carbonyl (C=O) groups is 2. The van der Waals surface area contributed by atoms with Crippen molar-refractivity contribution >= 4 is 29.1 Å². The normalized spacial score (nSPS) is 17.7. The van der Waals surface area contributed by atoms with Gasteiger partial charge in [0, 0.05) is 30.8 Å². The van der Waals surface area contributed by atoms with Gasteiger partial charge in [-0.2, -0.15) is 0 Å². The lowest BCUT2D eigenvalue weighted by Crippen LogP contribution is -2.31. The summed E-state index contributed by atoms with van der Waals surface area (Å²) in [6.07, 6.45) is 2.20. The van der Waals surface area contributed by atoms with Crippen molar-refractivity contribution in [2.45, 2.75) is 12.5 Å². The predicted molar refractivity (Wildman–Crippen MR) is 119 cm³/mol. The second kappa shape index (κ2) is 10.3. The van der Waals surface area contributed by atoms with Crippen molar-refractivity contribution in [3.8, 4) is 5.75 Å². The molecular weight excluding hydrogens is 418 g/mol. The number of halogens is 1. The van der Waals surface area contributed by atoms with Crippen LogP contribution in [0.5, 0.6) is 5.75 Å². The zero-order valence-electron chi connectivity index (χ0n) is 17.2. The van der Waals surface area contributed by atoms with Gasteiger partial charge >= 0.3 is 0 Å². The van der Waals surface area contributed by atoms with Crippen molar-refractivity contribution in [3.05, 3.63) is 82.9 Å². The van der Waals surface area contributed by atoms with E-state index in [1.807, 2.05) is 0 Å². The smallest absolute Gasteiger partial charge is 0.295 e. The van der Waals surface area contributed by atoms with Gasteiger partial charge in [-0.05, 0) is 48.4 Å².